The lowest BCUT2D eigenvalue weighted by molar-refractivity contribution is -0.140. The van der Waals surface area contributed by atoms with E-state index in [-0.39, 0.29) is 24.8 Å². The number of carbonyl (C=O) groups is 2. The number of amides is 2. The monoisotopic (exact) mass is 565 g/mol. The van der Waals surface area contributed by atoms with E-state index in [1.165, 1.54) is 10.6 Å². The van der Waals surface area contributed by atoms with Crippen LogP contribution in [0.2, 0.25) is 0 Å². The summed E-state index contributed by atoms with van der Waals surface area (Å²) >= 11 is 3.42. The molecule has 2 aromatic rings. The van der Waals surface area contributed by atoms with Gasteiger partial charge in [-0.15, -0.1) is 0 Å². The third kappa shape index (κ3) is 8.35. The molecule has 9 heteroatoms. The highest BCUT2D eigenvalue weighted by Crippen LogP contribution is 2.25. The van der Waals surface area contributed by atoms with Gasteiger partial charge in [0.05, 0.1) is 11.9 Å². The zero-order valence-corrected chi connectivity index (χ0v) is 23.6. The molecule has 2 rings (SSSR count). The molecule has 192 valence electrons. The molecule has 0 radical (unpaired) electrons. The molecule has 0 saturated carbocycles. The van der Waals surface area contributed by atoms with E-state index in [4.69, 9.17) is 0 Å². The zero-order valence-electron chi connectivity index (χ0n) is 21.2. The van der Waals surface area contributed by atoms with Crippen molar-refractivity contribution in [2.45, 2.75) is 59.5 Å². The maximum atomic E-state index is 13.3. The minimum absolute atomic E-state index is 0.124. The lowest BCUT2D eigenvalue weighted by atomic mass is 10.1. The Morgan fingerprint density at radius 2 is 1.74 bits per heavy atom. The number of hydrogen-bond donors (Lipinski definition) is 1. The SMILES string of the molecule is CCCNC(=O)[C@H](C)N(Cc1ccc(Br)cc1)C(=O)CCCN(c1cccc(C)c1C)S(C)(=O)=O. The predicted molar refractivity (Wildman–Crippen MR) is 145 cm³/mol. The first-order chi connectivity index (χ1) is 16.5. The van der Waals surface area contributed by atoms with E-state index in [0.717, 1.165) is 27.6 Å². The molecule has 0 aliphatic carbocycles. The summed E-state index contributed by atoms with van der Waals surface area (Å²) in [6.45, 7) is 8.54. The van der Waals surface area contributed by atoms with Crippen LogP contribution in [0, 0.1) is 13.8 Å². The summed E-state index contributed by atoms with van der Waals surface area (Å²) in [6.07, 6.45) is 2.44. The van der Waals surface area contributed by atoms with Gasteiger partial charge in [0.2, 0.25) is 21.8 Å². The predicted octanol–water partition coefficient (Wildman–Crippen LogP) is 4.56. The molecule has 0 saturated heterocycles. The normalized spacial score (nSPS) is 12.2. The Bertz CT molecular complexity index is 1120. The van der Waals surface area contributed by atoms with Gasteiger partial charge in [0.25, 0.3) is 0 Å². The average Bonchev–Trinajstić information content (AvgIpc) is 2.80. The van der Waals surface area contributed by atoms with Crippen molar-refractivity contribution in [3.8, 4) is 0 Å². The number of hydrogen-bond acceptors (Lipinski definition) is 4. The molecule has 0 aromatic heterocycles. The van der Waals surface area contributed by atoms with Crippen LogP contribution in [0.5, 0.6) is 0 Å². The van der Waals surface area contributed by atoms with Gasteiger partial charge < -0.3 is 10.2 Å². The molecule has 0 aliphatic rings. The van der Waals surface area contributed by atoms with Gasteiger partial charge in [-0.2, -0.15) is 0 Å². The summed E-state index contributed by atoms with van der Waals surface area (Å²) in [6, 6.07) is 12.5. The molecule has 0 fully saturated rings. The van der Waals surface area contributed by atoms with Crippen LogP contribution in [-0.2, 0) is 26.2 Å². The Morgan fingerprint density at radius 3 is 2.34 bits per heavy atom. The van der Waals surface area contributed by atoms with Crippen molar-refractivity contribution in [1.82, 2.24) is 10.2 Å². The molecule has 2 aromatic carbocycles. The molecule has 7 nitrogen and oxygen atoms in total. The Labute approximate surface area is 218 Å². The van der Waals surface area contributed by atoms with E-state index in [1.54, 1.807) is 17.9 Å². The molecule has 2 amide bonds. The molecule has 1 N–H and O–H groups in total. The lowest BCUT2D eigenvalue weighted by Gasteiger charge is -2.29. The van der Waals surface area contributed by atoms with Gasteiger partial charge in [0, 0.05) is 30.5 Å². The number of nitrogens with one attached hydrogen (secondary N) is 1. The van der Waals surface area contributed by atoms with Gasteiger partial charge in [-0.3, -0.25) is 13.9 Å². The molecule has 35 heavy (non-hydrogen) atoms. The van der Waals surface area contributed by atoms with Crippen LogP contribution in [-0.4, -0.2) is 50.5 Å². The Kier molecular flexibility index (Phi) is 10.8. The summed E-state index contributed by atoms with van der Waals surface area (Å²) in [4.78, 5) is 27.5. The fraction of sp³-hybridized carbons (Fsp3) is 0.462. The van der Waals surface area contributed by atoms with Crippen LogP contribution in [0.1, 0.15) is 49.8 Å². The molecule has 0 spiro atoms. The molecule has 0 aliphatic heterocycles. The summed E-state index contributed by atoms with van der Waals surface area (Å²) in [5, 5.41) is 2.86. The van der Waals surface area contributed by atoms with Gasteiger partial charge in [-0.1, -0.05) is 47.1 Å². The van der Waals surface area contributed by atoms with Gasteiger partial charge in [0.15, 0.2) is 0 Å². The topological polar surface area (TPSA) is 86.8 Å². The molecule has 0 bridgehead atoms. The van der Waals surface area contributed by atoms with Crippen LogP contribution >= 0.6 is 15.9 Å². The second-order valence-electron chi connectivity index (χ2n) is 8.77. The van der Waals surface area contributed by atoms with Gasteiger partial charge in [-0.25, -0.2) is 8.42 Å². The summed E-state index contributed by atoms with van der Waals surface area (Å²) < 4.78 is 27.4. The van der Waals surface area contributed by atoms with Crippen LogP contribution in [0.4, 0.5) is 5.69 Å². The number of rotatable bonds is 12. The third-order valence-corrected chi connectivity index (χ3v) is 7.69. The molecular weight excluding hydrogens is 530 g/mol. The van der Waals surface area contributed by atoms with Crippen molar-refractivity contribution in [1.29, 1.82) is 0 Å². The van der Waals surface area contributed by atoms with E-state index in [9.17, 15) is 18.0 Å². The Hall–Kier alpha value is -2.39. The first-order valence-electron chi connectivity index (χ1n) is 11.8. The molecule has 0 unspecified atom stereocenters. The first-order valence-corrected chi connectivity index (χ1v) is 14.4. The number of sulfonamides is 1. The van der Waals surface area contributed by atoms with Crippen molar-refractivity contribution in [2.24, 2.45) is 0 Å². The maximum absolute atomic E-state index is 13.3. The zero-order chi connectivity index (χ0) is 26.2. The summed E-state index contributed by atoms with van der Waals surface area (Å²) in [7, 11) is -3.53. The highest BCUT2D eigenvalue weighted by molar-refractivity contribution is 9.10. The number of anilines is 1. The number of halogens is 1. The summed E-state index contributed by atoms with van der Waals surface area (Å²) in [5.41, 5.74) is 3.42. The minimum Gasteiger partial charge on any atom is -0.354 e. The van der Waals surface area contributed by atoms with Gasteiger partial charge in [-0.05, 0) is 68.5 Å². The highest BCUT2D eigenvalue weighted by atomic mass is 79.9. The molecule has 1 atom stereocenters. The van der Waals surface area contributed by atoms with E-state index in [0.29, 0.717) is 25.2 Å². The highest BCUT2D eigenvalue weighted by Gasteiger charge is 2.26. The Balaban J connectivity index is 2.18. The third-order valence-electron chi connectivity index (χ3n) is 5.98. The lowest BCUT2D eigenvalue weighted by Crippen LogP contribution is -2.47. The van der Waals surface area contributed by atoms with E-state index < -0.39 is 16.1 Å². The van der Waals surface area contributed by atoms with Crippen molar-refractivity contribution < 1.29 is 18.0 Å². The van der Waals surface area contributed by atoms with Crippen LogP contribution in [0.3, 0.4) is 0 Å². The average molecular weight is 567 g/mol. The summed E-state index contributed by atoms with van der Waals surface area (Å²) in [5.74, 6) is -0.396. The first kappa shape index (κ1) is 28.8. The molecule has 0 heterocycles. The number of nitrogens with zero attached hydrogens (tertiary/aromatic N) is 2. The fourth-order valence-electron chi connectivity index (χ4n) is 3.75. The molecular formula is C26H36BrN3O4S. The smallest absolute Gasteiger partial charge is 0.242 e. The van der Waals surface area contributed by atoms with Gasteiger partial charge in [0.1, 0.15) is 6.04 Å². The van der Waals surface area contributed by atoms with Gasteiger partial charge >= 0.3 is 0 Å². The van der Waals surface area contributed by atoms with E-state index in [2.05, 4.69) is 21.2 Å². The van der Waals surface area contributed by atoms with Crippen molar-refractivity contribution in [2.75, 3.05) is 23.7 Å². The maximum Gasteiger partial charge on any atom is 0.242 e. The van der Waals surface area contributed by atoms with E-state index in [1.807, 2.05) is 57.2 Å². The number of benzene rings is 2. The second kappa shape index (κ2) is 13.1. The minimum atomic E-state index is -3.53. The second-order valence-corrected chi connectivity index (χ2v) is 11.6. The van der Waals surface area contributed by atoms with Crippen LogP contribution in [0.25, 0.3) is 0 Å². The quantitative estimate of drug-likeness (QED) is 0.408. The van der Waals surface area contributed by atoms with Crippen molar-refractivity contribution >= 4 is 43.5 Å². The van der Waals surface area contributed by atoms with Crippen LogP contribution < -0.4 is 9.62 Å². The van der Waals surface area contributed by atoms with Crippen LogP contribution in [0.15, 0.2) is 46.9 Å². The van der Waals surface area contributed by atoms with Crippen molar-refractivity contribution in [3.05, 3.63) is 63.6 Å². The standard InChI is InChI=1S/C26H36BrN3O4S/c1-6-16-28-26(32)21(4)29(18-22-12-14-23(27)15-13-22)25(31)11-8-17-30(35(5,33)34)24-10-7-9-19(2)20(24)3/h7,9-10,12-15,21H,6,8,11,16-18H2,1-5H3,(H,28,32)/t21-/m0/s1. The largest absolute Gasteiger partial charge is 0.354 e. The number of aryl methyl sites for hydroxylation is 1. The van der Waals surface area contributed by atoms with E-state index >= 15 is 0 Å². The van der Waals surface area contributed by atoms with Crippen molar-refractivity contribution in [3.63, 3.8) is 0 Å². The Morgan fingerprint density at radius 1 is 1.09 bits per heavy atom. The fourth-order valence-corrected chi connectivity index (χ4v) is 5.03. The number of carbonyl (C=O) groups excluding carboxylic acids is 2.